The zero-order valence-electron chi connectivity index (χ0n) is 11.0. The Labute approximate surface area is 114 Å². The second kappa shape index (κ2) is 4.01. The number of aryl methyl sites for hydroxylation is 1. The van der Waals surface area contributed by atoms with Crippen molar-refractivity contribution in [1.29, 1.82) is 0 Å². The van der Waals surface area contributed by atoms with E-state index in [2.05, 4.69) is 4.98 Å². The molecule has 1 aromatic heterocycles. The Balaban J connectivity index is 2.05. The van der Waals surface area contributed by atoms with E-state index in [0.717, 1.165) is 4.57 Å². The molecule has 2 fully saturated rings. The molecule has 0 amide bonds. The summed E-state index contributed by atoms with van der Waals surface area (Å²) in [6, 6.07) is 0. The van der Waals surface area contributed by atoms with Crippen LogP contribution >= 0.6 is 0 Å². The summed E-state index contributed by atoms with van der Waals surface area (Å²) >= 11 is 0. The first kappa shape index (κ1) is 13.5. The van der Waals surface area contributed by atoms with Gasteiger partial charge in [0.05, 0.1) is 6.61 Å². The molecule has 0 spiro atoms. The van der Waals surface area contributed by atoms with Crippen LogP contribution in [0.5, 0.6) is 0 Å². The van der Waals surface area contributed by atoms with Crippen molar-refractivity contribution < 1.29 is 20.1 Å². The number of aromatic nitrogens is 2. The van der Waals surface area contributed by atoms with E-state index in [-0.39, 0.29) is 5.82 Å². The lowest BCUT2D eigenvalue weighted by molar-refractivity contribution is -0.229. The average molecular weight is 283 g/mol. The molecule has 1 unspecified atom stereocenters. The molecule has 2 aliphatic rings. The molecule has 8 nitrogen and oxygen atoms in total. The van der Waals surface area contributed by atoms with Crippen molar-refractivity contribution in [3.8, 4) is 0 Å². The van der Waals surface area contributed by atoms with Gasteiger partial charge in [0.15, 0.2) is 6.23 Å². The highest BCUT2D eigenvalue weighted by Crippen LogP contribution is 2.56. The van der Waals surface area contributed by atoms with Gasteiger partial charge in [-0.25, -0.2) is 4.79 Å². The van der Waals surface area contributed by atoms with Gasteiger partial charge in [0, 0.05) is 11.8 Å². The molecule has 1 aromatic rings. The first-order valence-electron chi connectivity index (χ1n) is 6.39. The van der Waals surface area contributed by atoms with Gasteiger partial charge in [0.25, 0.3) is 0 Å². The van der Waals surface area contributed by atoms with E-state index < -0.39 is 35.8 Å². The summed E-state index contributed by atoms with van der Waals surface area (Å²) in [5.41, 5.74) is 2.68. The van der Waals surface area contributed by atoms with Crippen LogP contribution in [0.4, 0.5) is 5.82 Å². The van der Waals surface area contributed by atoms with Gasteiger partial charge in [-0.3, -0.25) is 4.57 Å². The van der Waals surface area contributed by atoms with Crippen LogP contribution in [0, 0.1) is 6.92 Å². The lowest BCUT2D eigenvalue weighted by Gasteiger charge is -2.49. The molecular weight excluding hydrogens is 266 g/mol. The molecule has 4 atom stereocenters. The molecular formula is C12H17N3O5. The molecule has 1 saturated heterocycles. The number of nitrogens with two attached hydrogens (primary N) is 1. The van der Waals surface area contributed by atoms with Crippen LogP contribution in [0.25, 0.3) is 0 Å². The smallest absolute Gasteiger partial charge is 0.351 e. The summed E-state index contributed by atoms with van der Waals surface area (Å²) in [5, 5.41) is 30.1. The van der Waals surface area contributed by atoms with E-state index in [0.29, 0.717) is 18.4 Å². The quantitative estimate of drug-likeness (QED) is 0.507. The van der Waals surface area contributed by atoms with Gasteiger partial charge in [-0.05, 0) is 19.8 Å². The first-order valence-corrected chi connectivity index (χ1v) is 6.39. The van der Waals surface area contributed by atoms with Crippen molar-refractivity contribution in [3.05, 3.63) is 22.2 Å². The molecule has 8 heteroatoms. The molecule has 3 rings (SSSR count). The van der Waals surface area contributed by atoms with Crippen molar-refractivity contribution in [3.63, 3.8) is 0 Å². The third-order valence-corrected chi connectivity index (χ3v) is 4.51. The highest BCUT2D eigenvalue weighted by Gasteiger charge is 2.71. The van der Waals surface area contributed by atoms with Gasteiger partial charge in [0.2, 0.25) is 0 Å². The van der Waals surface area contributed by atoms with Crippen LogP contribution < -0.4 is 11.4 Å². The summed E-state index contributed by atoms with van der Waals surface area (Å²) in [6.07, 6.45) is -0.247. The molecule has 2 heterocycles. The number of nitrogens with zero attached hydrogens (tertiary/aromatic N) is 2. The fourth-order valence-electron chi connectivity index (χ4n) is 2.99. The lowest BCUT2D eigenvalue weighted by atomic mass is 9.64. The van der Waals surface area contributed by atoms with Crippen LogP contribution in [0.3, 0.4) is 0 Å². The predicted molar refractivity (Wildman–Crippen MR) is 67.8 cm³/mol. The van der Waals surface area contributed by atoms with Gasteiger partial charge < -0.3 is 25.8 Å². The Morgan fingerprint density at radius 3 is 2.80 bits per heavy atom. The lowest BCUT2D eigenvalue weighted by Crippen LogP contribution is -2.66. The zero-order valence-corrected chi connectivity index (χ0v) is 11.0. The molecule has 110 valence electrons. The molecule has 1 saturated carbocycles. The number of hydrogen-bond acceptors (Lipinski definition) is 7. The largest absolute Gasteiger partial charge is 0.393 e. The van der Waals surface area contributed by atoms with Crippen LogP contribution in [0.15, 0.2) is 11.0 Å². The maximum atomic E-state index is 11.9. The van der Waals surface area contributed by atoms with Crippen molar-refractivity contribution >= 4 is 5.82 Å². The number of fused-ring (bicyclic) bond motifs is 1. The normalized spacial score (nSPS) is 39.4. The summed E-state index contributed by atoms with van der Waals surface area (Å²) in [6.45, 7) is 1.25. The topological polar surface area (TPSA) is 131 Å². The summed E-state index contributed by atoms with van der Waals surface area (Å²) in [5.74, 6) is 0.109. The molecule has 0 bridgehead atoms. The molecule has 0 radical (unpaired) electrons. The second-order valence-electron chi connectivity index (χ2n) is 5.53. The van der Waals surface area contributed by atoms with E-state index >= 15 is 0 Å². The number of nitrogen functional groups attached to an aromatic ring is 1. The molecule has 1 aliphatic heterocycles. The number of hydrogen-bond donors (Lipinski definition) is 4. The highest BCUT2D eigenvalue weighted by atomic mass is 16.6. The number of aliphatic hydroxyl groups excluding tert-OH is 2. The molecule has 0 aromatic carbocycles. The Morgan fingerprint density at radius 2 is 2.30 bits per heavy atom. The van der Waals surface area contributed by atoms with Gasteiger partial charge >= 0.3 is 5.69 Å². The Bertz CT molecular complexity index is 609. The van der Waals surface area contributed by atoms with Gasteiger partial charge in [0.1, 0.15) is 23.1 Å². The van der Waals surface area contributed by atoms with E-state index in [9.17, 15) is 20.1 Å². The van der Waals surface area contributed by atoms with Gasteiger partial charge in [-0.2, -0.15) is 4.98 Å². The Kier molecular flexibility index (Phi) is 2.71. The van der Waals surface area contributed by atoms with Gasteiger partial charge in [-0.15, -0.1) is 0 Å². The fourth-order valence-corrected chi connectivity index (χ4v) is 2.99. The number of rotatable bonds is 2. The SMILES string of the molecule is Cc1cn([C@@H]2O[C@@]3(CO)CCC3(O)[C@H]2O)c(=O)nc1N. The van der Waals surface area contributed by atoms with Crippen LogP contribution in [-0.2, 0) is 4.74 Å². The van der Waals surface area contributed by atoms with Crippen molar-refractivity contribution in [1.82, 2.24) is 9.55 Å². The van der Waals surface area contributed by atoms with E-state index in [1.54, 1.807) is 6.92 Å². The maximum Gasteiger partial charge on any atom is 0.351 e. The van der Waals surface area contributed by atoms with E-state index in [4.69, 9.17) is 10.5 Å². The fraction of sp³-hybridized carbons (Fsp3) is 0.667. The number of ether oxygens (including phenoxy) is 1. The third-order valence-electron chi connectivity index (χ3n) is 4.51. The third kappa shape index (κ3) is 1.44. The van der Waals surface area contributed by atoms with Crippen LogP contribution in [-0.4, -0.2) is 48.8 Å². The first-order chi connectivity index (χ1) is 9.34. The maximum absolute atomic E-state index is 11.9. The van der Waals surface area contributed by atoms with E-state index in [1.165, 1.54) is 6.20 Å². The Morgan fingerprint density at radius 1 is 1.60 bits per heavy atom. The Hall–Kier alpha value is -1.48. The minimum Gasteiger partial charge on any atom is -0.393 e. The summed E-state index contributed by atoms with van der Waals surface area (Å²) in [4.78, 5) is 15.5. The standard InChI is InChI=1S/C12H17N3O5/c1-6-4-15(10(18)14-8(6)13)9-7(17)12(19)3-2-11(12,5-16)20-9/h4,7,9,16-17,19H,2-3,5H2,1H3,(H2,13,14,18)/t7-,9+,11+,12?/m0/s1. The number of anilines is 1. The minimum atomic E-state index is -1.54. The highest BCUT2D eigenvalue weighted by molar-refractivity contribution is 5.35. The monoisotopic (exact) mass is 283 g/mol. The minimum absolute atomic E-state index is 0.109. The molecule has 1 aliphatic carbocycles. The second-order valence-corrected chi connectivity index (χ2v) is 5.53. The average Bonchev–Trinajstić information content (AvgIpc) is 2.55. The van der Waals surface area contributed by atoms with Crippen molar-refractivity contribution in [2.75, 3.05) is 12.3 Å². The molecule has 5 N–H and O–H groups in total. The summed E-state index contributed by atoms with van der Waals surface area (Å²) < 4.78 is 6.71. The summed E-state index contributed by atoms with van der Waals surface area (Å²) in [7, 11) is 0. The zero-order chi connectivity index (χ0) is 14.7. The van der Waals surface area contributed by atoms with Crippen LogP contribution in [0.1, 0.15) is 24.6 Å². The predicted octanol–water partition coefficient (Wildman–Crippen LogP) is -1.72. The molecule has 20 heavy (non-hydrogen) atoms. The van der Waals surface area contributed by atoms with E-state index in [1.807, 2.05) is 0 Å². The number of aliphatic hydroxyl groups is 3. The van der Waals surface area contributed by atoms with Crippen molar-refractivity contribution in [2.45, 2.75) is 43.3 Å². The van der Waals surface area contributed by atoms with Gasteiger partial charge in [-0.1, -0.05) is 0 Å². The van der Waals surface area contributed by atoms with Crippen molar-refractivity contribution in [2.24, 2.45) is 0 Å². The van der Waals surface area contributed by atoms with Crippen LogP contribution in [0.2, 0.25) is 0 Å².